The van der Waals surface area contributed by atoms with Gasteiger partial charge in [0.15, 0.2) is 0 Å². The van der Waals surface area contributed by atoms with E-state index in [1.165, 1.54) is 19.3 Å². The van der Waals surface area contributed by atoms with Crippen LogP contribution < -0.4 is 5.32 Å². The highest BCUT2D eigenvalue weighted by Crippen LogP contribution is 2.46. The average Bonchev–Trinajstić information content (AvgIpc) is 2.13. The van der Waals surface area contributed by atoms with Gasteiger partial charge in [0.2, 0.25) is 0 Å². The van der Waals surface area contributed by atoms with Gasteiger partial charge in [0.05, 0.1) is 0 Å². The summed E-state index contributed by atoms with van der Waals surface area (Å²) in [6, 6.07) is 0.689. The maximum absolute atomic E-state index is 3.62. The summed E-state index contributed by atoms with van der Waals surface area (Å²) in [5.41, 5.74) is 0.856. The summed E-state index contributed by atoms with van der Waals surface area (Å²) < 4.78 is 0. The van der Waals surface area contributed by atoms with Crippen molar-refractivity contribution >= 4 is 0 Å². The minimum atomic E-state index is 0.428. The zero-order valence-electron chi connectivity index (χ0n) is 12.4. The Balaban J connectivity index is 2.90. The fourth-order valence-electron chi connectivity index (χ4n) is 3.54. The molecule has 1 N–H and O–H groups in total. The molecule has 0 aliphatic heterocycles. The van der Waals surface area contributed by atoms with Gasteiger partial charge in [-0.05, 0) is 42.6 Å². The molecule has 0 aromatic carbocycles. The molecule has 0 amide bonds. The lowest BCUT2D eigenvalue weighted by Gasteiger charge is -2.49. The van der Waals surface area contributed by atoms with E-state index in [2.05, 4.69) is 53.9 Å². The highest BCUT2D eigenvalue weighted by molar-refractivity contribution is 4.96. The Morgan fingerprint density at radius 3 is 1.44 bits per heavy atom. The van der Waals surface area contributed by atoms with E-state index in [-0.39, 0.29) is 0 Å². The summed E-state index contributed by atoms with van der Waals surface area (Å²) in [6.07, 6.45) is 4.19. The largest absolute Gasteiger partial charge is 0.316 e. The molecule has 1 rings (SSSR count). The molecule has 1 aliphatic rings. The Hall–Kier alpha value is -0.0400. The van der Waals surface area contributed by atoms with Crippen LogP contribution >= 0.6 is 0 Å². The van der Waals surface area contributed by atoms with Gasteiger partial charge in [0.25, 0.3) is 0 Å². The third kappa shape index (κ3) is 3.00. The van der Waals surface area contributed by atoms with Gasteiger partial charge in [-0.15, -0.1) is 0 Å². The molecule has 0 bridgehead atoms. The highest BCUT2D eigenvalue weighted by atomic mass is 14.9. The van der Waals surface area contributed by atoms with Gasteiger partial charge in [-0.25, -0.2) is 0 Å². The second-order valence-electron chi connectivity index (χ2n) is 7.69. The third-order valence-corrected chi connectivity index (χ3v) is 4.46. The molecule has 0 spiro atoms. The first-order valence-corrected chi connectivity index (χ1v) is 6.85. The summed E-state index contributed by atoms with van der Waals surface area (Å²) in [5.74, 6) is 1.63. The van der Waals surface area contributed by atoms with Gasteiger partial charge in [-0.3, -0.25) is 0 Å². The van der Waals surface area contributed by atoms with Crippen molar-refractivity contribution in [1.29, 1.82) is 0 Å². The van der Waals surface area contributed by atoms with E-state index >= 15 is 0 Å². The number of hydrogen-bond acceptors (Lipinski definition) is 1. The molecular weight excluding hydrogens is 194 g/mol. The van der Waals surface area contributed by atoms with Crippen LogP contribution in [0.4, 0.5) is 0 Å². The van der Waals surface area contributed by atoms with E-state index in [4.69, 9.17) is 0 Å². The number of nitrogens with one attached hydrogen (secondary N) is 1. The van der Waals surface area contributed by atoms with Gasteiger partial charge < -0.3 is 5.32 Å². The zero-order valence-corrected chi connectivity index (χ0v) is 12.4. The summed E-state index contributed by atoms with van der Waals surface area (Å²) in [5, 5.41) is 3.62. The first-order chi connectivity index (χ1) is 7.18. The van der Waals surface area contributed by atoms with Crippen LogP contribution in [-0.4, -0.2) is 13.1 Å². The Kier molecular flexibility index (Phi) is 4.10. The van der Waals surface area contributed by atoms with Crippen molar-refractivity contribution in [3.8, 4) is 0 Å². The van der Waals surface area contributed by atoms with Crippen LogP contribution in [0.3, 0.4) is 0 Å². The van der Waals surface area contributed by atoms with Crippen molar-refractivity contribution in [2.24, 2.45) is 22.7 Å². The highest BCUT2D eigenvalue weighted by Gasteiger charge is 2.42. The van der Waals surface area contributed by atoms with Crippen LogP contribution in [0.2, 0.25) is 0 Å². The van der Waals surface area contributed by atoms with Crippen LogP contribution in [0.25, 0.3) is 0 Å². The van der Waals surface area contributed by atoms with E-state index in [1.54, 1.807) is 0 Å². The van der Waals surface area contributed by atoms with Crippen molar-refractivity contribution in [2.75, 3.05) is 7.05 Å². The predicted molar refractivity (Wildman–Crippen MR) is 72.6 cm³/mol. The summed E-state index contributed by atoms with van der Waals surface area (Å²) in [7, 11) is 2.15. The number of rotatable bonds is 1. The summed E-state index contributed by atoms with van der Waals surface area (Å²) in [6.45, 7) is 14.4. The van der Waals surface area contributed by atoms with Crippen molar-refractivity contribution in [1.82, 2.24) is 5.32 Å². The molecule has 16 heavy (non-hydrogen) atoms. The van der Waals surface area contributed by atoms with Crippen molar-refractivity contribution in [3.05, 3.63) is 0 Å². The Labute approximate surface area is 102 Å². The van der Waals surface area contributed by atoms with Crippen molar-refractivity contribution in [3.63, 3.8) is 0 Å². The minimum Gasteiger partial charge on any atom is -0.316 e. The van der Waals surface area contributed by atoms with Crippen LogP contribution in [0.1, 0.15) is 60.8 Å². The fraction of sp³-hybridized carbons (Fsp3) is 1.00. The molecule has 96 valence electrons. The third-order valence-electron chi connectivity index (χ3n) is 4.46. The van der Waals surface area contributed by atoms with Crippen LogP contribution in [-0.2, 0) is 0 Å². The molecule has 1 aliphatic carbocycles. The molecule has 2 atom stereocenters. The molecule has 1 fully saturated rings. The van der Waals surface area contributed by atoms with Crippen LogP contribution in [0, 0.1) is 22.7 Å². The quantitative estimate of drug-likeness (QED) is 0.709. The maximum atomic E-state index is 3.62. The molecule has 0 aromatic rings. The van der Waals surface area contributed by atoms with E-state index in [0.717, 1.165) is 11.8 Å². The van der Waals surface area contributed by atoms with Gasteiger partial charge in [-0.2, -0.15) is 0 Å². The lowest BCUT2D eigenvalue weighted by atomic mass is 9.60. The van der Waals surface area contributed by atoms with Crippen molar-refractivity contribution in [2.45, 2.75) is 66.8 Å². The van der Waals surface area contributed by atoms with Crippen LogP contribution in [0.5, 0.6) is 0 Å². The second kappa shape index (κ2) is 4.68. The first kappa shape index (κ1) is 14.0. The summed E-state index contributed by atoms with van der Waals surface area (Å²) >= 11 is 0. The minimum absolute atomic E-state index is 0.428. The molecule has 0 radical (unpaired) electrons. The van der Waals surface area contributed by atoms with Crippen molar-refractivity contribution < 1.29 is 0 Å². The molecule has 0 saturated heterocycles. The summed E-state index contributed by atoms with van der Waals surface area (Å²) in [4.78, 5) is 0. The van der Waals surface area contributed by atoms with E-state index < -0.39 is 0 Å². The predicted octanol–water partition coefficient (Wildman–Crippen LogP) is 4.08. The SMILES string of the molecule is CNC1C(C(C)(C)C)CCCC1C(C)(C)C. The maximum Gasteiger partial charge on any atom is 0.0131 e. The fourth-order valence-corrected chi connectivity index (χ4v) is 3.54. The van der Waals surface area contributed by atoms with Crippen LogP contribution in [0.15, 0.2) is 0 Å². The molecule has 0 heterocycles. The molecule has 1 saturated carbocycles. The van der Waals surface area contributed by atoms with Gasteiger partial charge in [0.1, 0.15) is 0 Å². The Morgan fingerprint density at radius 1 is 0.812 bits per heavy atom. The average molecular weight is 225 g/mol. The van der Waals surface area contributed by atoms with Gasteiger partial charge in [0, 0.05) is 6.04 Å². The van der Waals surface area contributed by atoms with E-state index in [1.807, 2.05) is 0 Å². The Morgan fingerprint density at radius 2 is 1.19 bits per heavy atom. The zero-order chi connectivity index (χ0) is 12.6. The van der Waals surface area contributed by atoms with Gasteiger partial charge >= 0.3 is 0 Å². The molecule has 0 aromatic heterocycles. The van der Waals surface area contributed by atoms with E-state index in [9.17, 15) is 0 Å². The lowest BCUT2D eigenvalue weighted by molar-refractivity contribution is 0.0399. The first-order valence-electron chi connectivity index (χ1n) is 6.85. The Bertz CT molecular complexity index is 197. The standard InChI is InChI=1S/C15H31N/c1-14(2,3)11-9-8-10-12(13(11)16-7)15(4,5)6/h11-13,16H,8-10H2,1-7H3. The lowest BCUT2D eigenvalue weighted by Crippen LogP contribution is -2.51. The van der Waals surface area contributed by atoms with Gasteiger partial charge in [-0.1, -0.05) is 48.0 Å². The van der Waals surface area contributed by atoms with E-state index in [0.29, 0.717) is 16.9 Å². The smallest absolute Gasteiger partial charge is 0.0131 e. The normalized spacial score (nSPS) is 32.8. The second-order valence-corrected chi connectivity index (χ2v) is 7.69. The molecule has 1 nitrogen and oxygen atoms in total. The molecule has 2 unspecified atom stereocenters. The molecular formula is C15H31N. The topological polar surface area (TPSA) is 12.0 Å². The number of hydrogen-bond donors (Lipinski definition) is 1. The molecule has 1 heteroatoms. The monoisotopic (exact) mass is 225 g/mol.